The molecule has 0 aromatic heterocycles. The van der Waals surface area contributed by atoms with E-state index in [-0.39, 0.29) is 93.8 Å². The average molecular weight is 1520 g/mol. The van der Waals surface area contributed by atoms with Crippen molar-refractivity contribution in [1.29, 1.82) is 0 Å². The van der Waals surface area contributed by atoms with E-state index in [9.17, 15) is 69.6 Å². The minimum atomic E-state index is -1.53. The number of amides is 4. The topological polar surface area (TPSA) is 295 Å². The largest absolute Gasteiger partial charge is 0.395 e. The Morgan fingerprint density at radius 2 is 0.883 bits per heavy atom. The standard InChI is InChI=1S/C36H44I6N4O14/c1-2-16(52)3-5-19(55)23-27(37)25(31(41)33(29(23)39)43-21(57)14-50)35(59)45(7-9-47)11-18(54)12-46(8-10-48)36(60)26-28(38)24(20(56)6-4-17(53)13-49)30(40)34(32(26)42)44-22(58)15-51/h16-18,47-54H,2-15H2,1H3,(H,43,57)(H,44,58). The lowest BCUT2D eigenvalue weighted by atomic mass is 9.99. The first-order valence-corrected chi connectivity index (χ1v) is 24.5. The molecule has 0 spiro atoms. The Bertz CT molecular complexity index is 1790. The molecule has 0 saturated carbocycles. The zero-order valence-electron chi connectivity index (χ0n) is 31.8. The number of hydrogen-bond donors (Lipinski definition) is 10. The number of Topliss-reactive ketones (excluding diaryl/α,β-unsaturated/α-hetero) is 2. The van der Waals surface area contributed by atoms with Gasteiger partial charge in [0.15, 0.2) is 11.6 Å². The fourth-order valence-corrected chi connectivity index (χ4v) is 14.6. The smallest absolute Gasteiger partial charge is 0.256 e. The summed E-state index contributed by atoms with van der Waals surface area (Å²) in [5.41, 5.74) is 0.0465. The summed E-state index contributed by atoms with van der Waals surface area (Å²) in [6, 6.07) is 0. The summed E-state index contributed by atoms with van der Waals surface area (Å²) in [5.74, 6) is -4.19. The second-order valence-electron chi connectivity index (χ2n) is 13.0. The van der Waals surface area contributed by atoms with Crippen molar-refractivity contribution in [2.45, 2.75) is 57.3 Å². The number of aliphatic hydroxyl groups is 8. The number of carbonyl (C=O) groups is 6. The summed E-state index contributed by atoms with van der Waals surface area (Å²) in [5, 5.41) is 84.8. The molecule has 10 N–H and O–H groups in total. The van der Waals surface area contributed by atoms with Gasteiger partial charge < -0.3 is 61.3 Å². The molecule has 0 aliphatic carbocycles. The van der Waals surface area contributed by atoms with E-state index in [1.807, 2.05) is 90.4 Å². The van der Waals surface area contributed by atoms with Crippen LogP contribution in [0.5, 0.6) is 0 Å². The van der Waals surface area contributed by atoms with Crippen LogP contribution in [0, 0.1) is 21.4 Å². The Balaban J connectivity index is 2.66. The van der Waals surface area contributed by atoms with Crippen LogP contribution in [0.25, 0.3) is 0 Å². The van der Waals surface area contributed by atoms with Crippen LogP contribution in [0.4, 0.5) is 11.4 Å². The van der Waals surface area contributed by atoms with Crippen LogP contribution in [0.2, 0.25) is 0 Å². The maximum absolute atomic E-state index is 14.4. The normalized spacial score (nSPS) is 12.7. The molecule has 4 amide bonds. The molecule has 0 bridgehead atoms. The molecule has 0 saturated heterocycles. The third-order valence-corrected chi connectivity index (χ3v) is 15.2. The molecule has 24 heteroatoms. The van der Waals surface area contributed by atoms with E-state index < -0.39 is 99.6 Å². The predicted octanol–water partition coefficient (Wildman–Crippen LogP) is 2.16. The maximum Gasteiger partial charge on any atom is 0.256 e. The number of nitrogens with one attached hydrogen (secondary N) is 2. The lowest BCUT2D eigenvalue weighted by molar-refractivity contribution is -0.119. The monoisotopic (exact) mass is 1520 g/mol. The second kappa shape index (κ2) is 27.3. The molecule has 18 nitrogen and oxygen atoms in total. The SMILES string of the molecule is CCC(O)CCC(=O)c1c(I)c(NC(=O)CO)c(I)c(C(=O)N(CCO)CC(O)CN(CCO)C(=O)c2c(I)c(NC(=O)CO)c(I)c(C(=O)CCC(O)CO)c2I)c1I. The Hall–Kier alpha value is -0.280. The predicted molar refractivity (Wildman–Crippen MR) is 269 cm³/mol. The van der Waals surface area contributed by atoms with E-state index >= 15 is 0 Å². The number of rotatable bonds is 24. The second-order valence-corrected chi connectivity index (χ2v) is 19.4. The maximum atomic E-state index is 14.4. The Morgan fingerprint density at radius 1 is 0.533 bits per heavy atom. The fraction of sp³-hybridized carbons (Fsp3) is 0.500. The molecule has 3 unspecified atom stereocenters. The van der Waals surface area contributed by atoms with Crippen molar-refractivity contribution < 1.29 is 69.6 Å². The number of ketones is 2. The van der Waals surface area contributed by atoms with Gasteiger partial charge >= 0.3 is 0 Å². The Labute approximate surface area is 427 Å². The van der Waals surface area contributed by atoms with Gasteiger partial charge in [0.2, 0.25) is 11.8 Å². The molecule has 2 aromatic rings. The van der Waals surface area contributed by atoms with Crippen LogP contribution in [0.15, 0.2) is 0 Å². The zero-order chi connectivity index (χ0) is 45.6. The molecule has 0 fully saturated rings. The van der Waals surface area contributed by atoms with Gasteiger partial charge in [-0.1, -0.05) is 6.92 Å². The third kappa shape index (κ3) is 14.9. The molecule has 0 aliphatic heterocycles. The minimum absolute atomic E-state index is 0.0122. The number of benzene rings is 2. The summed E-state index contributed by atoms with van der Waals surface area (Å²) in [4.78, 5) is 82.8. The van der Waals surface area contributed by atoms with E-state index in [0.29, 0.717) is 6.42 Å². The molecule has 2 aromatic carbocycles. The van der Waals surface area contributed by atoms with Gasteiger partial charge in [0.25, 0.3) is 11.8 Å². The quantitative estimate of drug-likeness (QED) is 0.0533. The fourth-order valence-electron chi connectivity index (χ4n) is 5.59. The van der Waals surface area contributed by atoms with Crippen LogP contribution < -0.4 is 10.6 Å². The highest BCUT2D eigenvalue weighted by molar-refractivity contribution is 14.1. The molecule has 0 aliphatic rings. The van der Waals surface area contributed by atoms with E-state index in [1.54, 1.807) is 52.1 Å². The van der Waals surface area contributed by atoms with E-state index in [0.717, 1.165) is 9.80 Å². The van der Waals surface area contributed by atoms with Gasteiger partial charge in [-0.3, -0.25) is 28.8 Å². The van der Waals surface area contributed by atoms with Crippen molar-refractivity contribution in [3.8, 4) is 0 Å². The average Bonchev–Trinajstić information content (AvgIpc) is 3.21. The van der Waals surface area contributed by atoms with Gasteiger partial charge in [0.05, 0.1) is 67.8 Å². The summed E-state index contributed by atoms with van der Waals surface area (Å²) >= 11 is 10.9. The lowest BCUT2D eigenvalue weighted by Crippen LogP contribution is -2.46. The summed E-state index contributed by atoms with van der Waals surface area (Å²) in [6.45, 7) is -3.47. The van der Waals surface area contributed by atoms with Crippen molar-refractivity contribution in [3.05, 3.63) is 43.7 Å². The molecular formula is C36H44I6N4O14. The zero-order valence-corrected chi connectivity index (χ0v) is 44.8. The van der Waals surface area contributed by atoms with E-state index in [4.69, 9.17) is 0 Å². The molecule has 0 radical (unpaired) electrons. The lowest BCUT2D eigenvalue weighted by Gasteiger charge is -2.31. The van der Waals surface area contributed by atoms with Crippen molar-refractivity contribution in [3.63, 3.8) is 0 Å². The number of halogens is 6. The summed E-state index contributed by atoms with van der Waals surface area (Å²) in [6.07, 6.45) is -3.39. The van der Waals surface area contributed by atoms with Crippen LogP contribution >= 0.6 is 136 Å². The van der Waals surface area contributed by atoms with E-state index in [1.165, 1.54) is 0 Å². The van der Waals surface area contributed by atoms with Crippen molar-refractivity contribution in [2.75, 3.05) is 69.8 Å². The van der Waals surface area contributed by atoms with Gasteiger partial charge in [-0.15, -0.1) is 0 Å². The third-order valence-electron chi connectivity index (χ3n) is 8.70. The first kappa shape index (κ1) is 55.9. The van der Waals surface area contributed by atoms with Gasteiger partial charge in [-0.25, -0.2) is 0 Å². The van der Waals surface area contributed by atoms with Crippen LogP contribution in [0.1, 0.15) is 80.5 Å². The number of nitrogens with zero attached hydrogens (tertiary/aromatic N) is 2. The number of carbonyl (C=O) groups excluding carboxylic acids is 6. The molecular weight excluding hydrogens is 1470 g/mol. The molecule has 334 valence electrons. The molecule has 3 atom stereocenters. The summed E-state index contributed by atoms with van der Waals surface area (Å²) in [7, 11) is 0. The van der Waals surface area contributed by atoms with Gasteiger partial charge in [-0.05, 0) is 155 Å². The van der Waals surface area contributed by atoms with Gasteiger partial charge in [0.1, 0.15) is 13.2 Å². The first-order valence-electron chi connectivity index (χ1n) is 18.0. The summed E-state index contributed by atoms with van der Waals surface area (Å²) < 4.78 is 1.22. The van der Waals surface area contributed by atoms with Gasteiger partial charge in [-0.2, -0.15) is 0 Å². The number of hydrogen-bond acceptors (Lipinski definition) is 14. The van der Waals surface area contributed by atoms with Crippen molar-refractivity contribution >= 4 is 182 Å². The van der Waals surface area contributed by atoms with Crippen LogP contribution in [-0.2, 0) is 9.59 Å². The molecule has 60 heavy (non-hydrogen) atoms. The molecule has 2 rings (SSSR count). The highest BCUT2D eigenvalue weighted by Crippen LogP contribution is 2.39. The van der Waals surface area contributed by atoms with Gasteiger partial charge in [0, 0.05) is 64.4 Å². The Kier molecular flexibility index (Phi) is 25.4. The molecule has 0 heterocycles. The Morgan fingerprint density at radius 3 is 1.20 bits per heavy atom. The highest BCUT2D eigenvalue weighted by Gasteiger charge is 2.34. The van der Waals surface area contributed by atoms with Crippen molar-refractivity contribution in [2.24, 2.45) is 0 Å². The van der Waals surface area contributed by atoms with Crippen LogP contribution in [0.3, 0.4) is 0 Å². The van der Waals surface area contributed by atoms with Crippen LogP contribution in [-0.4, -0.2) is 163 Å². The van der Waals surface area contributed by atoms with E-state index in [2.05, 4.69) is 10.6 Å². The number of anilines is 2. The number of aliphatic hydroxyl groups excluding tert-OH is 8. The van der Waals surface area contributed by atoms with Crippen molar-refractivity contribution in [1.82, 2.24) is 9.80 Å². The minimum Gasteiger partial charge on any atom is -0.395 e. The first-order chi connectivity index (χ1) is 28.3. The highest BCUT2D eigenvalue weighted by atomic mass is 127.